The van der Waals surface area contributed by atoms with Crippen LogP contribution in [0.2, 0.25) is 0 Å². The van der Waals surface area contributed by atoms with Crippen molar-refractivity contribution in [2.24, 2.45) is 5.92 Å². The Morgan fingerprint density at radius 2 is 2.04 bits per heavy atom. The molecule has 0 radical (unpaired) electrons. The molecule has 0 spiro atoms. The van der Waals surface area contributed by atoms with E-state index < -0.39 is 6.10 Å². The third-order valence-corrected chi connectivity index (χ3v) is 5.09. The van der Waals surface area contributed by atoms with Gasteiger partial charge in [-0.2, -0.15) is 0 Å². The van der Waals surface area contributed by atoms with Crippen LogP contribution in [0.3, 0.4) is 0 Å². The van der Waals surface area contributed by atoms with Gasteiger partial charge < -0.3 is 10.4 Å². The third-order valence-electron chi connectivity index (χ3n) is 5.09. The molecular weight excluding hydrogens is 302 g/mol. The van der Waals surface area contributed by atoms with Gasteiger partial charge in [-0.25, -0.2) is 0 Å². The van der Waals surface area contributed by atoms with Crippen molar-refractivity contribution >= 4 is 5.91 Å². The summed E-state index contributed by atoms with van der Waals surface area (Å²) in [5.41, 5.74) is 0.964. The molecule has 1 aromatic rings. The summed E-state index contributed by atoms with van der Waals surface area (Å²) in [6.45, 7) is 6.80. The van der Waals surface area contributed by atoms with Gasteiger partial charge in [-0.15, -0.1) is 0 Å². The predicted molar refractivity (Wildman–Crippen MR) is 94.6 cm³/mol. The number of aliphatic hydroxyl groups is 1. The fourth-order valence-electron chi connectivity index (χ4n) is 3.33. The van der Waals surface area contributed by atoms with Gasteiger partial charge in [0.05, 0.1) is 12.6 Å². The molecule has 5 heteroatoms. The van der Waals surface area contributed by atoms with E-state index in [9.17, 15) is 9.90 Å². The highest BCUT2D eigenvalue weighted by molar-refractivity contribution is 5.78. The number of hydrogen-bond donors (Lipinski definition) is 2. The molecule has 2 aliphatic rings. The molecule has 132 valence electrons. The van der Waals surface area contributed by atoms with Gasteiger partial charge in [0.25, 0.3) is 0 Å². The van der Waals surface area contributed by atoms with E-state index in [1.54, 1.807) is 0 Å². The molecule has 1 aliphatic carbocycles. The van der Waals surface area contributed by atoms with Crippen LogP contribution in [0, 0.1) is 5.92 Å². The molecule has 24 heavy (non-hydrogen) atoms. The fraction of sp³-hybridized carbons (Fsp3) is 0.632. The summed E-state index contributed by atoms with van der Waals surface area (Å²) < 4.78 is 0. The van der Waals surface area contributed by atoms with Gasteiger partial charge >= 0.3 is 0 Å². The molecule has 2 fully saturated rings. The molecule has 1 aliphatic heterocycles. The summed E-state index contributed by atoms with van der Waals surface area (Å²) in [6.07, 6.45) is 2.07. The maximum absolute atomic E-state index is 12.0. The molecule has 2 N–H and O–H groups in total. The van der Waals surface area contributed by atoms with Crippen LogP contribution in [-0.2, 0) is 4.79 Å². The molecule has 1 aromatic carbocycles. The van der Waals surface area contributed by atoms with Crippen molar-refractivity contribution in [1.29, 1.82) is 0 Å². The molecule has 0 unspecified atom stereocenters. The average Bonchev–Trinajstić information content (AvgIpc) is 3.40. The van der Waals surface area contributed by atoms with Crippen LogP contribution in [0.25, 0.3) is 0 Å². The summed E-state index contributed by atoms with van der Waals surface area (Å²) >= 11 is 0. The molecule has 3 rings (SSSR count). The van der Waals surface area contributed by atoms with Gasteiger partial charge in [-0.1, -0.05) is 30.3 Å². The van der Waals surface area contributed by atoms with Gasteiger partial charge in [-0.05, 0) is 31.2 Å². The first-order valence-corrected chi connectivity index (χ1v) is 9.08. The lowest BCUT2D eigenvalue weighted by Crippen LogP contribution is -2.54. The quantitative estimate of drug-likeness (QED) is 0.790. The van der Waals surface area contributed by atoms with Crippen molar-refractivity contribution in [3.63, 3.8) is 0 Å². The van der Waals surface area contributed by atoms with Crippen LogP contribution in [0.5, 0.6) is 0 Å². The third kappa shape index (κ3) is 5.03. The molecule has 1 saturated heterocycles. The Morgan fingerprint density at radius 1 is 1.29 bits per heavy atom. The zero-order valence-corrected chi connectivity index (χ0v) is 14.5. The van der Waals surface area contributed by atoms with E-state index in [0.29, 0.717) is 19.1 Å². The zero-order chi connectivity index (χ0) is 16.9. The van der Waals surface area contributed by atoms with Crippen molar-refractivity contribution in [3.05, 3.63) is 35.9 Å². The minimum absolute atomic E-state index is 0.145. The second-order valence-electron chi connectivity index (χ2n) is 7.25. The van der Waals surface area contributed by atoms with E-state index in [-0.39, 0.29) is 5.91 Å². The Labute approximate surface area is 144 Å². The molecule has 1 heterocycles. The summed E-state index contributed by atoms with van der Waals surface area (Å²) in [7, 11) is 0. The lowest BCUT2D eigenvalue weighted by molar-refractivity contribution is -0.123. The second kappa shape index (κ2) is 8.10. The predicted octanol–water partition coefficient (Wildman–Crippen LogP) is 1.25. The van der Waals surface area contributed by atoms with Crippen molar-refractivity contribution < 1.29 is 9.90 Å². The highest BCUT2D eigenvalue weighted by Crippen LogP contribution is 2.27. The SMILES string of the molecule is C[C@@H]1CN(CC(=O)NCC2CC2)CCN1C[C@H](O)c1ccccc1. The van der Waals surface area contributed by atoms with Gasteiger partial charge in [0.15, 0.2) is 0 Å². The number of carbonyl (C=O) groups excluding carboxylic acids is 1. The van der Waals surface area contributed by atoms with Crippen molar-refractivity contribution in [2.75, 3.05) is 39.3 Å². The van der Waals surface area contributed by atoms with Crippen LogP contribution >= 0.6 is 0 Å². The Hall–Kier alpha value is -1.43. The first kappa shape index (κ1) is 17.4. The van der Waals surface area contributed by atoms with Crippen molar-refractivity contribution in [1.82, 2.24) is 15.1 Å². The largest absolute Gasteiger partial charge is 0.387 e. The Balaban J connectivity index is 1.42. The van der Waals surface area contributed by atoms with E-state index in [2.05, 4.69) is 22.0 Å². The van der Waals surface area contributed by atoms with E-state index in [4.69, 9.17) is 0 Å². The number of nitrogens with zero attached hydrogens (tertiary/aromatic N) is 2. The van der Waals surface area contributed by atoms with E-state index in [1.807, 2.05) is 30.3 Å². The number of carbonyl (C=O) groups is 1. The van der Waals surface area contributed by atoms with Crippen molar-refractivity contribution in [3.8, 4) is 0 Å². The molecule has 2 atom stereocenters. The molecule has 0 bridgehead atoms. The minimum atomic E-state index is -0.456. The summed E-state index contributed by atoms with van der Waals surface area (Å²) in [4.78, 5) is 16.5. The van der Waals surface area contributed by atoms with E-state index in [1.165, 1.54) is 12.8 Å². The summed E-state index contributed by atoms with van der Waals surface area (Å²) in [5.74, 6) is 0.871. The highest BCUT2D eigenvalue weighted by Gasteiger charge is 2.27. The smallest absolute Gasteiger partial charge is 0.234 e. The lowest BCUT2D eigenvalue weighted by atomic mass is 10.1. The first-order valence-electron chi connectivity index (χ1n) is 9.08. The lowest BCUT2D eigenvalue weighted by Gasteiger charge is -2.40. The van der Waals surface area contributed by atoms with E-state index >= 15 is 0 Å². The number of hydrogen-bond acceptors (Lipinski definition) is 4. The van der Waals surface area contributed by atoms with Gasteiger partial charge in [-0.3, -0.25) is 14.6 Å². The van der Waals surface area contributed by atoms with Crippen LogP contribution in [0.15, 0.2) is 30.3 Å². The molecule has 0 aromatic heterocycles. The molecule has 1 amide bonds. The van der Waals surface area contributed by atoms with Crippen LogP contribution in [0.4, 0.5) is 0 Å². The highest BCUT2D eigenvalue weighted by atomic mass is 16.3. The standard InChI is InChI=1S/C19H29N3O2/c1-15-12-21(14-19(24)20-11-16-7-8-16)9-10-22(15)13-18(23)17-5-3-2-4-6-17/h2-6,15-16,18,23H,7-14H2,1H3,(H,20,24)/t15-,18+/m1/s1. The maximum Gasteiger partial charge on any atom is 0.234 e. The zero-order valence-electron chi connectivity index (χ0n) is 14.5. The number of nitrogens with one attached hydrogen (secondary N) is 1. The number of benzene rings is 1. The minimum Gasteiger partial charge on any atom is -0.387 e. The van der Waals surface area contributed by atoms with Gasteiger partial charge in [0.2, 0.25) is 5.91 Å². The summed E-state index contributed by atoms with van der Waals surface area (Å²) in [5, 5.41) is 13.4. The Morgan fingerprint density at radius 3 is 2.71 bits per heavy atom. The second-order valence-corrected chi connectivity index (χ2v) is 7.25. The number of β-amino-alcohol motifs (C(OH)–C–C–N with tert-alkyl or cyclic N) is 1. The number of rotatable bonds is 7. The molecule has 5 nitrogen and oxygen atoms in total. The Bertz CT molecular complexity index is 533. The van der Waals surface area contributed by atoms with Crippen LogP contribution in [-0.4, -0.2) is 66.1 Å². The number of piperazine rings is 1. The topological polar surface area (TPSA) is 55.8 Å². The van der Waals surface area contributed by atoms with Gasteiger partial charge in [0.1, 0.15) is 0 Å². The fourth-order valence-corrected chi connectivity index (χ4v) is 3.33. The van der Waals surface area contributed by atoms with Crippen molar-refractivity contribution in [2.45, 2.75) is 31.9 Å². The molecular formula is C19H29N3O2. The monoisotopic (exact) mass is 331 g/mol. The first-order chi connectivity index (χ1) is 11.6. The summed E-state index contributed by atoms with van der Waals surface area (Å²) in [6, 6.07) is 10.2. The van der Waals surface area contributed by atoms with E-state index in [0.717, 1.165) is 37.7 Å². The number of aliphatic hydroxyl groups excluding tert-OH is 1. The maximum atomic E-state index is 12.0. The molecule has 1 saturated carbocycles. The average molecular weight is 331 g/mol. The number of amides is 1. The Kier molecular flexibility index (Phi) is 5.87. The van der Waals surface area contributed by atoms with Crippen LogP contribution in [0.1, 0.15) is 31.4 Å². The normalized spacial score (nSPS) is 23.8. The van der Waals surface area contributed by atoms with Crippen LogP contribution < -0.4 is 5.32 Å². The van der Waals surface area contributed by atoms with Gasteiger partial charge in [0, 0.05) is 38.8 Å².